The Kier molecular flexibility index (Phi) is 6.49. The maximum atomic E-state index is 6.05. The fourth-order valence-corrected chi connectivity index (χ4v) is 3.35. The molecule has 140 valence electrons. The molecule has 1 aliphatic rings. The highest BCUT2D eigenvalue weighted by Gasteiger charge is 2.10. The maximum absolute atomic E-state index is 6.05. The van der Waals surface area contributed by atoms with E-state index in [2.05, 4.69) is 57.8 Å². The first kappa shape index (κ1) is 19.4. The number of nitrogens with one attached hydrogen (secondary N) is 1. The lowest BCUT2D eigenvalue weighted by atomic mass is 10.1. The van der Waals surface area contributed by atoms with Crippen molar-refractivity contribution in [2.45, 2.75) is 32.4 Å². The molecule has 0 amide bonds. The summed E-state index contributed by atoms with van der Waals surface area (Å²) in [4.78, 5) is 8.52. The van der Waals surface area contributed by atoms with E-state index in [1.807, 2.05) is 17.1 Å². The topological polar surface area (TPSA) is 68.2 Å². The molecule has 2 aromatic carbocycles. The van der Waals surface area contributed by atoms with Crippen LogP contribution in [0.5, 0.6) is 0 Å². The highest BCUT2D eigenvalue weighted by Crippen LogP contribution is 2.24. The summed E-state index contributed by atoms with van der Waals surface area (Å²) >= 11 is 0. The van der Waals surface area contributed by atoms with Crippen molar-refractivity contribution in [1.29, 1.82) is 0 Å². The van der Waals surface area contributed by atoms with Gasteiger partial charge in [-0.2, -0.15) is 0 Å². The van der Waals surface area contributed by atoms with Crippen LogP contribution in [0.3, 0.4) is 0 Å². The predicted molar refractivity (Wildman–Crippen MR) is 121 cm³/mol. The third-order valence-corrected chi connectivity index (χ3v) is 4.75. The molecule has 0 saturated heterocycles. The largest absolute Gasteiger partial charge is 0.370 e. The number of nitrogens with zero attached hydrogens (tertiary/aromatic N) is 3. The lowest BCUT2D eigenvalue weighted by Gasteiger charge is -2.08. The van der Waals surface area contributed by atoms with Gasteiger partial charge in [-0.1, -0.05) is 30.3 Å². The first-order valence-corrected chi connectivity index (χ1v) is 8.98. The molecule has 0 radical (unpaired) electrons. The first-order chi connectivity index (χ1) is 12.8. The minimum absolute atomic E-state index is 0. The number of hydrogen-bond acceptors (Lipinski definition) is 2. The standard InChI is InChI=1S/C21H23N5.HI/c22-21(25-20-9-8-18-2-1-3-19(18)12-20)24-13-16-4-6-17(7-5-16)14-26-11-10-23-15-26;/h4-12,15H,1-3,13-14H2,(H3,22,24,25);1H. The zero-order valence-electron chi connectivity index (χ0n) is 15.1. The number of anilines is 1. The average Bonchev–Trinajstić information content (AvgIpc) is 3.32. The Morgan fingerprint density at radius 3 is 2.63 bits per heavy atom. The summed E-state index contributed by atoms with van der Waals surface area (Å²) < 4.78 is 2.05. The summed E-state index contributed by atoms with van der Waals surface area (Å²) in [7, 11) is 0. The minimum Gasteiger partial charge on any atom is -0.370 e. The lowest BCUT2D eigenvalue weighted by Crippen LogP contribution is -2.22. The van der Waals surface area contributed by atoms with E-state index < -0.39 is 0 Å². The fourth-order valence-electron chi connectivity index (χ4n) is 3.35. The van der Waals surface area contributed by atoms with Crippen molar-refractivity contribution in [2.24, 2.45) is 10.7 Å². The smallest absolute Gasteiger partial charge is 0.193 e. The van der Waals surface area contributed by atoms with Crippen LogP contribution in [0, 0.1) is 0 Å². The van der Waals surface area contributed by atoms with Crippen molar-refractivity contribution < 1.29 is 0 Å². The monoisotopic (exact) mass is 473 g/mol. The molecule has 0 atom stereocenters. The van der Waals surface area contributed by atoms with Gasteiger partial charge in [-0.3, -0.25) is 0 Å². The highest BCUT2D eigenvalue weighted by atomic mass is 127. The number of halogens is 1. The second kappa shape index (κ2) is 9.03. The molecule has 1 aliphatic carbocycles. The van der Waals surface area contributed by atoms with Gasteiger partial charge in [0.1, 0.15) is 0 Å². The van der Waals surface area contributed by atoms with Crippen LogP contribution in [0.4, 0.5) is 5.69 Å². The van der Waals surface area contributed by atoms with E-state index in [9.17, 15) is 0 Å². The number of hydrogen-bond donors (Lipinski definition) is 2. The molecule has 27 heavy (non-hydrogen) atoms. The number of imidazole rings is 1. The van der Waals surface area contributed by atoms with Crippen molar-refractivity contribution >= 4 is 35.6 Å². The van der Waals surface area contributed by atoms with Crippen LogP contribution >= 0.6 is 24.0 Å². The summed E-state index contributed by atoms with van der Waals surface area (Å²) in [5.74, 6) is 0.449. The van der Waals surface area contributed by atoms with Gasteiger partial charge in [0.05, 0.1) is 12.9 Å². The molecule has 0 bridgehead atoms. The Bertz CT molecular complexity index is 901. The molecule has 0 saturated carbocycles. The molecule has 5 nitrogen and oxygen atoms in total. The van der Waals surface area contributed by atoms with Gasteiger partial charge < -0.3 is 15.6 Å². The third-order valence-electron chi connectivity index (χ3n) is 4.75. The van der Waals surface area contributed by atoms with Crippen molar-refractivity contribution in [3.63, 3.8) is 0 Å². The summed E-state index contributed by atoms with van der Waals surface area (Å²) in [6, 6.07) is 14.9. The number of rotatable bonds is 5. The zero-order chi connectivity index (χ0) is 17.8. The second-order valence-corrected chi connectivity index (χ2v) is 6.72. The van der Waals surface area contributed by atoms with E-state index >= 15 is 0 Å². The number of fused-ring (bicyclic) bond motifs is 1. The van der Waals surface area contributed by atoms with Crippen molar-refractivity contribution in [1.82, 2.24) is 9.55 Å². The number of aromatic nitrogens is 2. The average molecular weight is 473 g/mol. The van der Waals surface area contributed by atoms with Crippen LogP contribution < -0.4 is 11.1 Å². The lowest BCUT2D eigenvalue weighted by molar-refractivity contribution is 0.796. The van der Waals surface area contributed by atoms with Crippen LogP contribution in [0.2, 0.25) is 0 Å². The first-order valence-electron chi connectivity index (χ1n) is 8.98. The van der Waals surface area contributed by atoms with E-state index in [1.165, 1.54) is 29.5 Å². The Morgan fingerprint density at radius 1 is 1.07 bits per heavy atom. The van der Waals surface area contributed by atoms with E-state index in [0.29, 0.717) is 12.5 Å². The number of nitrogens with two attached hydrogens (primary N) is 1. The van der Waals surface area contributed by atoms with Crippen LogP contribution in [-0.2, 0) is 25.9 Å². The van der Waals surface area contributed by atoms with Crippen LogP contribution in [0.25, 0.3) is 0 Å². The molecule has 4 rings (SSSR count). The van der Waals surface area contributed by atoms with Crippen LogP contribution in [-0.4, -0.2) is 15.5 Å². The summed E-state index contributed by atoms with van der Waals surface area (Å²) in [5, 5.41) is 3.20. The summed E-state index contributed by atoms with van der Waals surface area (Å²) in [6.45, 7) is 1.39. The Labute approximate surface area is 176 Å². The molecule has 0 unspecified atom stereocenters. The Morgan fingerprint density at radius 2 is 1.85 bits per heavy atom. The number of benzene rings is 2. The van der Waals surface area contributed by atoms with Gasteiger partial charge in [0.2, 0.25) is 0 Å². The van der Waals surface area contributed by atoms with Crippen LogP contribution in [0.15, 0.2) is 66.2 Å². The molecule has 1 heterocycles. The van der Waals surface area contributed by atoms with Gasteiger partial charge >= 0.3 is 0 Å². The molecular formula is C21H24IN5. The molecule has 0 fully saturated rings. The molecule has 1 aromatic heterocycles. The normalized spacial score (nSPS) is 13.1. The summed E-state index contributed by atoms with van der Waals surface area (Å²) in [6.07, 6.45) is 9.18. The number of aliphatic imine (C=N–C) groups is 1. The second-order valence-electron chi connectivity index (χ2n) is 6.72. The molecule has 0 aliphatic heterocycles. The van der Waals surface area contributed by atoms with Crippen molar-refractivity contribution in [3.8, 4) is 0 Å². The van der Waals surface area contributed by atoms with Gasteiger partial charge in [-0.05, 0) is 53.6 Å². The zero-order valence-corrected chi connectivity index (χ0v) is 17.5. The van der Waals surface area contributed by atoms with E-state index in [0.717, 1.165) is 24.2 Å². The van der Waals surface area contributed by atoms with Crippen molar-refractivity contribution in [3.05, 3.63) is 83.4 Å². The molecular weight excluding hydrogens is 449 g/mol. The van der Waals surface area contributed by atoms with Gasteiger partial charge in [0.15, 0.2) is 5.96 Å². The van der Waals surface area contributed by atoms with E-state index in [1.54, 1.807) is 6.20 Å². The van der Waals surface area contributed by atoms with Gasteiger partial charge in [-0.25, -0.2) is 9.98 Å². The third kappa shape index (κ3) is 5.09. The summed E-state index contributed by atoms with van der Waals surface area (Å²) in [5.41, 5.74) is 12.3. The number of aryl methyl sites for hydroxylation is 2. The van der Waals surface area contributed by atoms with E-state index in [-0.39, 0.29) is 24.0 Å². The molecule has 3 aromatic rings. The maximum Gasteiger partial charge on any atom is 0.193 e. The van der Waals surface area contributed by atoms with Gasteiger partial charge in [-0.15, -0.1) is 24.0 Å². The predicted octanol–water partition coefficient (Wildman–Crippen LogP) is 3.96. The van der Waals surface area contributed by atoms with E-state index in [4.69, 9.17) is 5.73 Å². The molecule has 3 N–H and O–H groups in total. The van der Waals surface area contributed by atoms with Crippen LogP contribution in [0.1, 0.15) is 28.7 Å². The number of guanidine groups is 1. The Hall–Kier alpha value is -2.35. The fraction of sp³-hybridized carbons (Fsp3) is 0.238. The Balaban J connectivity index is 0.00000210. The van der Waals surface area contributed by atoms with Gasteiger partial charge in [0.25, 0.3) is 0 Å². The molecule has 0 spiro atoms. The SMILES string of the molecule is I.NC(=NCc1ccc(Cn2ccnc2)cc1)Nc1ccc2c(c1)CCC2. The molecule has 6 heteroatoms. The highest BCUT2D eigenvalue weighted by molar-refractivity contribution is 14.0. The van der Waals surface area contributed by atoms with Crippen molar-refractivity contribution in [2.75, 3.05) is 5.32 Å². The van der Waals surface area contributed by atoms with Gasteiger partial charge in [0, 0.05) is 24.6 Å². The minimum atomic E-state index is 0. The quantitative estimate of drug-likeness (QED) is 0.335.